The molecular weight excluding hydrogens is 432 g/mol. The first-order valence-corrected chi connectivity index (χ1v) is 10.5. The standard InChI is InChI=1S/C21H23ClFN3OS.ClH/c1-3-25(4-2)12-13-26(19(27)14-15-8-5-6-9-16(15)22)21-24-20-17(23)10-7-11-18(20)28-21;/h5-11H,3-4,12-14H2,1-2H3;1H. The predicted octanol–water partition coefficient (Wildman–Crippen LogP) is 5.43. The zero-order valence-electron chi connectivity index (χ0n) is 16.4. The highest BCUT2D eigenvalue weighted by Gasteiger charge is 2.22. The van der Waals surface area contributed by atoms with Crippen molar-refractivity contribution in [2.75, 3.05) is 31.1 Å². The maximum atomic E-state index is 14.1. The normalized spacial score (nSPS) is 10.9. The highest BCUT2D eigenvalue weighted by molar-refractivity contribution is 7.22. The van der Waals surface area contributed by atoms with Crippen LogP contribution in [0.1, 0.15) is 19.4 Å². The number of thiazole rings is 1. The van der Waals surface area contributed by atoms with Crippen LogP contribution in [0, 0.1) is 5.82 Å². The number of hydrogen-bond acceptors (Lipinski definition) is 4. The Balaban J connectivity index is 0.00000300. The number of anilines is 1. The van der Waals surface area contributed by atoms with Gasteiger partial charge in [-0.05, 0) is 36.9 Å². The van der Waals surface area contributed by atoms with Crippen LogP contribution in [0.15, 0.2) is 42.5 Å². The van der Waals surface area contributed by atoms with Crippen molar-refractivity contribution in [3.05, 3.63) is 58.9 Å². The lowest BCUT2D eigenvalue weighted by Gasteiger charge is -2.25. The lowest BCUT2D eigenvalue weighted by Crippen LogP contribution is -2.39. The first-order chi connectivity index (χ1) is 13.5. The topological polar surface area (TPSA) is 36.4 Å². The number of hydrogen-bond donors (Lipinski definition) is 0. The third-order valence-corrected chi connectivity index (χ3v) is 6.14. The Kier molecular flexibility index (Phi) is 8.83. The number of para-hydroxylation sites is 1. The first kappa shape index (κ1) is 23.5. The van der Waals surface area contributed by atoms with Crippen LogP contribution in [0.25, 0.3) is 10.2 Å². The highest BCUT2D eigenvalue weighted by Crippen LogP contribution is 2.31. The summed E-state index contributed by atoms with van der Waals surface area (Å²) < 4.78 is 14.8. The molecule has 2 aromatic carbocycles. The third kappa shape index (κ3) is 5.66. The van der Waals surface area contributed by atoms with Gasteiger partial charge >= 0.3 is 0 Å². The molecule has 0 radical (unpaired) electrons. The van der Waals surface area contributed by atoms with Crippen LogP contribution in [0.5, 0.6) is 0 Å². The minimum absolute atomic E-state index is 0. The van der Waals surface area contributed by atoms with Crippen molar-refractivity contribution in [1.82, 2.24) is 9.88 Å². The van der Waals surface area contributed by atoms with Gasteiger partial charge in [0.1, 0.15) is 11.3 Å². The van der Waals surface area contributed by atoms with Crippen LogP contribution in [-0.4, -0.2) is 42.0 Å². The quantitative estimate of drug-likeness (QED) is 0.454. The van der Waals surface area contributed by atoms with Gasteiger partial charge in [-0.1, -0.05) is 61.1 Å². The van der Waals surface area contributed by atoms with Gasteiger partial charge in [-0.15, -0.1) is 12.4 Å². The Hall–Kier alpha value is -1.73. The average molecular weight is 456 g/mol. The summed E-state index contributed by atoms with van der Waals surface area (Å²) in [5, 5.41) is 1.08. The number of halogens is 3. The van der Waals surface area contributed by atoms with E-state index in [1.165, 1.54) is 17.4 Å². The minimum atomic E-state index is -0.373. The van der Waals surface area contributed by atoms with Gasteiger partial charge in [-0.25, -0.2) is 9.37 Å². The van der Waals surface area contributed by atoms with E-state index < -0.39 is 0 Å². The van der Waals surface area contributed by atoms with Crippen molar-refractivity contribution in [2.45, 2.75) is 20.3 Å². The molecule has 29 heavy (non-hydrogen) atoms. The molecule has 0 saturated heterocycles. The molecule has 1 amide bonds. The number of benzene rings is 2. The van der Waals surface area contributed by atoms with Gasteiger partial charge in [0, 0.05) is 18.1 Å². The molecule has 0 aliphatic rings. The van der Waals surface area contributed by atoms with Crippen molar-refractivity contribution in [2.24, 2.45) is 0 Å². The van der Waals surface area contributed by atoms with Crippen LogP contribution in [-0.2, 0) is 11.2 Å². The molecule has 0 spiro atoms. The summed E-state index contributed by atoms with van der Waals surface area (Å²) in [5.74, 6) is -0.470. The zero-order valence-corrected chi connectivity index (χ0v) is 18.8. The predicted molar refractivity (Wildman–Crippen MR) is 122 cm³/mol. The van der Waals surface area contributed by atoms with Crippen molar-refractivity contribution >= 4 is 56.6 Å². The summed E-state index contributed by atoms with van der Waals surface area (Å²) in [5.41, 5.74) is 1.08. The summed E-state index contributed by atoms with van der Waals surface area (Å²) in [6.45, 7) is 7.19. The number of rotatable bonds is 8. The second-order valence-corrected chi connectivity index (χ2v) is 7.84. The van der Waals surface area contributed by atoms with Gasteiger partial charge in [0.2, 0.25) is 5.91 Å². The van der Waals surface area contributed by atoms with Crippen LogP contribution >= 0.6 is 35.3 Å². The summed E-state index contributed by atoms with van der Waals surface area (Å²) in [7, 11) is 0. The zero-order chi connectivity index (χ0) is 20.1. The summed E-state index contributed by atoms with van der Waals surface area (Å²) >= 11 is 7.57. The number of fused-ring (bicyclic) bond motifs is 1. The SMILES string of the molecule is CCN(CC)CCN(C(=O)Cc1ccccc1Cl)c1nc2c(F)cccc2s1.Cl. The Labute approximate surface area is 185 Å². The van der Waals surface area contributed by atoms with Gasteiger partial charge in [0.25, 0.3) is 0 Å². The molecule has 3 rings (SSSR count). The Morgan fingerprint density at radius 2 is 1.83 bits per heavy atom. The van der Waals surface area contributed by atoms with Crippen LogP contribution in [0.4, 0.5) is 9.52 Å². The Morgan fingerprint density at radius 3 is 2.48 bits per heavy atom. The monoisotopic (exact) mass is 455 g/mol. The Bertz CT molecular complexity index is 962. The number of nitrogens with zero attached hydrogens (tertiary/aromatic N) is 3. The van der Waals surface area contributed by atoms with Crippen molar-refractivity contribution < 1.29 is 9.18 Å². The molecule has 1 aromatic heterocycles. The van der Waals surface area contributed by atoms with Crippen LogP contribution < -0.4 is 4.90 Å². The van der Waals surface area contributed by atoms with Gasteiger partial charge in [-0.3, -0.25) is 9.69 Å². The fraction of sp³-hybridized carbons (Fsp3) is 0.333. The van der Waals surface area contributed by atoms with Gasteiger partial charge in [0.05, 0.1) is 11.1 Å². The van der Waals surface area contributed by atoms with Crippen LogP contribution in [0.3, 0.4) is 0 Å². The van der Waals surface area contributed by atoms with E-state index in [2.05, 4.69) is 23.7 Å². The molecule has 0 N–H and O–H groups in total. The number of carbonyl (C=O) groups excluding carboxylic acids is 1. The summed E-state index contributed by atoms with van der Waals surface area (Å²) in [6, 6.07) is 12.2. The van der Waals surface area contributed by atoms with Crippen molar-refractivity contribution in [3.8, 4) is 0 Å². The third-order valence-electron chi connectivity index (χ3n) is 4.72. The lowest BCUT2D eigenvalue weighted by molar-refractivity contribution is -0.118. The molecule has 0 aliphatic heterocycles. The van der Waals surface area contributed by atoms with E-state index >= 15 is 0 Å². The van der Waals surface area contributed by atoms with Crippen molar-refractivity contribution in [3.63, 3.8) is 0 Å². The molecule has 0 fully saturated rings. The van der Waals surface area contributed by atoms with E-state index in [9.17, 15) is 9.18 Å². The molecular formula is C21H24Cl2FN3OS. The van der Waals surface area contributed by atoms with E-state index in [0.29, 0.717) is 22.2 Å². The van der Waals surface area contributed by atoms with Crippen molar-refractivity contribution in [1.29, 1.82) is 0 Å². The van der Waals surface area contributed by atoms with Gasteiger partial charge in [-0.2, -0.15) is 0 Å². The number of amides is 1. The van der Waals surface area contributed by atoms with Crippen LogP contribution in [0.2, 0.25) is 5.02 Å². The molecule has 1 heterocycles. The fourth-order valence-corrected chi connectivity index (χ4v) is 4.25. The molecule has 0 bridgehead atoms. The summed E-state index contributed by atoms with van der Waals surface area (Å²) in [4.78, 5) is 21.5. The molecule has 0 unspecified atom stereocenters. The maximum Gasteiger partial charge on any atom is 0.233 e. The largest absolute Gasteiger partial charge is 0.302 e. The number of aromatic nitrogens is 1. The van der Waals surface area contributed by atoms with Gasteiger partial charge < -0.3 is 4.90 Å². The number of carbonyl (C=O) groups is 1. The molecule has 0 aliphatic carbocycles. The molecule has 156 valence electrons. The van der Waals surface area contributed by atoms with E-state index in [1.807, 2.05) is 24.3 Å². The second-order valence-electron chi connectivity index (χ2n) is 6.42. The molecule has 4 nitrogen and oxygen atoms in total. The highest BCUT2D eigenvalue weighted by atomic mass is 35.5. The molecule has 8 heteroatoms. The molecule has 3 aromatic rings. The maximum absolute atomic E-state index is 14.1. The lowest BCUT2D eigenvalue weighted by atomic mass is 10.1. The van der Waals surface area contributed by atoms with Gasteiger partial charge in [0.15, 0.2) is 5.13 Å². The van der Waals surface area contributed by atoms with E-state index in [-0.39, 0.29) is 30.6 Å². The summed E-state index contributed by atoms with van der Waals surface area (Å²) in [6.07, 6.45) is 0.177. The van der Waals surface area contributed by atoms with E-state index in [0.717, 1.165) is 29.9 Å². The molecule has 0 atom stereocenters. The molecule has 0 saturated carbocycles. The minimum Gasteiger partial charge on any atom is -0.302 e. The number of likely N-dealkylation sites (N-methyl/N-ethyl adjacent to an activating group) is 1. The first-order valence-electron chi connectivity index (χ1n) is 9.34. The van der Waals surface area contributed by atoms with E-state index in [1.54, 1.807) is 17.0 Å². The Morgan fingerprint density at radius 1 is 1.10 bits per heavy atom. The van der Waals surface area contributed by atoms with E-state index in [4.69, 9.17) is 11.6 Å². The fourth-order valence-electron chi connectivity index (χ4n) is 3.03. The second kappa shape index (κ2) is 10.9. The average Bonchev–Trinajstić information content (AvgIpc) is 3.12. The smallest absolute Gasteiger partial charge is 0.233 e.